The fourth-order valence-electron chi connectivity index (χ4n) is 3.88. The normalized spacial score (nSPS) is 11.4. The Morgan fingerprint density at radius 1 is 0.767 bits per heavy atom. The first kappa shape index (κ1) is 19.5. The maximum absolute atomic E-state index is 12.5. The fourth-order valence-corrected chi connectivity index (χ4v) is 7.95. The number of hydrogen-bond acceptors (Lipinski definition) is 5. The van der Waals surface area contributed by atoms with Crippen LogP contribution in [0.15, 0.2) is 59.3 Å². The van der Waals surface area contributed by atoms with Crippen LogP contribution in [-0.2, 0) is 11.2 Å². The summed E-state index contributed by atoms with van der Waals surface area (Å²) in [6.07, 6.45) is 1.02. The second kappa shape index (κ2) is 7.99. The number of ether oxygens (including phenoxy) is 1. The Kier molecular flexibility index (Phi) is 5.19. The highest BCUT2D eigenvalue weighted by Crippen LogP contribution is 2.50. The molecule has 3 aromatic heterocycles. The average molecular weight is 449 g/mol. The van der Waals surface area contributed by atoms with Crippen LogP contribution in [0.25, 0.3) is 41.1 Å². The van der Waals surface area contributed by atoms with Crippen molar-refractivity contribution in [2.75, 3.05) is 6.61 Å². The zero-order chi connectivity index (χ0) is 20.7. The first-order valence-electron chi connectivity index (χ1n) is 9.98. The summed E-state index contributed by atoms with van der Waals surface area (Å²) in [7, 11) is 0. The van der Waals surface area contributed by atoms with E-state index >= 15 is 0 Å². The van der Waals surface area contributed by atoms with Crippen LogP contribution in [0.1, 0.15) is 29.8 Å². The second-order valence-corrected chi connectivity index (χ2v) is 9.77. The highest BCUT2D eigenvalue weighted by Gasteiger charge is 2.21. The van der Waals surface area contributed by atoms with Crippen molar-refractivity contribution in [1.82, 2.24) is 0 Å². The van der Waals surface area contributed by atoms with Crippen molar-refractivity contribution in [3.05, 3.63) is 70.4 Å². The summed E-state index contributed by atoms with van der Waals surface area (Å²) in [5.74, 6) is -0.261. The van der Waals surface area contributed by atoms with Crippen LogP contribution in [0, 0.1) is 0 Å². The van der Waals surface area contributed by atoms with E-state index in [1.165, 1.54) is 35.5 Å². The van der Waals surface area contributed by atoms with Crippen molar-refractivity contribution >= 4 is 58.8 Å². The van der Waals surface area contributed by atoms with E-state index in [1.54, 1.807) is 11.3 Å². The molecular weight excluding hydrogens is 428 g/mol. The molecule has 150 valence electrons. The number of fused-ring (bicyclic) bond motifs is 3. The molecule has 3 heterocycles. The molecule has 2 aromatic carbocycles. The number of carbonyl (C=O) groups is 1. The first-order valence-corrected chi connectivity index (χ1v) is 12.6. The lowest BCUT2D eigenvalue weighted by molar-refractivity contribution is 0.0527. The second-order valence-electron chi connectivity index (χ2n) is 6.99. The molecule has 30 heavy (non-hydrogen) atoms. The minimum absolute atomic E-state index is 0.261. The molecule has 0 aliphatic heterocycles. The number of esters is 1. The van der Waals surface area contributed by atoms with Crippen LogP contribution >= 0.6 is 34.0 Å². The van der Waals surface area contributed by atoms with Gasteiger partial charge in [0.05, 0.1) is 31.0 Å². The average Bonchev–Trinajstić information content (AvgIpc) is 3.46. The molecule has 0 atom stereocenters. The Bertz CT molecular complexity index is 1370. The molecule has 0 N–H and O–H groups in total. The molecule has 0 aliphatic carbocycles. The van der Waals surface area contributed by atoms with Gasteiger partial charge in [-0.25, -0.2) is 4.79 Å². The largest absolute Gasteiger partial charge is 0.462 e. The lowest BCUT2D eigenvalue weighted by atomic mass is 10.0. The zero-order valence-corrected chi connectivity index (χ0v) is 19.2. The van der Waals surface area contributed by atoms with Gasteiger partial charge in [0.25, 0.3) is 0 Å². The monoisotopic (exact) mass is 448 g/mol. The van der Waals surface area contributed by atoms with Crippen LogP contribution in [-0.4, -0.2) is 12.6 Å². The van der Waals surface area contributed by atoms with E-state index < -0.39 is 0 Å². The first-order chi connectivity index (χ1) is 14.7. The molecule has 0 spiro atoms. The van der Waals surface area contributed by atoms with Gasteiger partial charge in [-0.3, -0.25) is 0 Å². The molecule has 5 heteroatoms. The van der Waals surface area contributed by atoms with Gasteiger partial charge in [-0.05, 0) is 36.1 Å². The van der Waals surface area contributed by atoms with Gasteiger partial charge in [0.2, 0.25) is 0 Å². The Balaban J connectivity index is 1.70. The van der Waals surface area contributed by atoms with Crippen molar-refractivity contribution < 1.29 is 9.53 Å². The predicted molar refractivity (Wildman–Crippen MR) is 131 cm³/mol. The van der Waals surface area contributed by atoms with Gasteiger partial charge in [-0.2, -0.15) is 0 Å². The molecule has 0 saturated heterocycles. The molecule has 5 rings (SSSR count). The van der Waals surface area contributed by atoms with Crippen LogP contribution in [0.2, 0.25) is 0 Å². The third-order valence-corrected chi connectivity index (χ3v) is 8.94. The summed E-state index contributed by atoms with van der Waals surface area (Å²) in [5.41, 5.74) is 6.74. The van der Waals surface area contributed by atoms with Gasteiger partial charge in [-0.15, -0.1) is 34.0 Å². The van der Waals surface area contributed by atoms with E-state index in [2.05, 4.69) is 41.9 Å². The molecule has 0 radical (unpaired) electrons. The van der Waals surface area contributed by atoms with Crippen LogP contribution < -0.4 is 0 Å². The summed E-state index contributed by atoms with van der Waals surface area (Å²) < 4.78 is 10.6. The number of benzene rings is 2. The van der Waals surface area contributed by atoms with E-state index in [-0.39, 0.29) is 5.97 Å². The quantitative estimate of drug-likeness (QED) is 0.253. The summed E-state index contributed by atoms with van der Waals surface area (Å²) in [6, 6.07) is 16.4. The molecule has 5 aromatic rings. The summed E-state index contributed by atoms with van der Waals surface area (Å²) in [4.78, 5) is 12.5. The zero-order valence-electron chi connectivity index (χ0n) is 16.7. The Morgan fingerprint density at radius 3 is 2.03 bits per heavy atom. The maximum Gasteiger partial charge on any atom is 0.338 e. The van der Waals surface area contributed by atoms with Crippen molar-refractivity contribution in [2.24, 2.45) is 0 Å². The molecule has 0 amide bonds. The van der Waals surface area contributed by atoms with Crippen molar-refractivity contribution in [1.29, 1.82) is 0 Å². The van der Waals surface area contributed by atoms with Crippen molar-refractivity contribution in [2.45, 2.75) is 20.3 Å². The maximum atomic E-state index is 12.5. The highest BCUT2D eigenvalue weighted by atomic mass is 32.1. The van der Waals surface area contributed by atoms with Crippen molar-refractivity contribution in [3.8, 4) is 22.3 Å². The molecule has 0 saturated carbocycles. The standard InChI is InChI=1S/C25H20O2S3/c1-3-15-9-5-6-10-16(15)19-13-28-23-21(19)30-22-20(14-29-24(22)23)17-11-7-8-12-18(17)25(26)27-4-2/h5-14H,3-4H2,1-2H3. The van der Waals surface area contributed by atoms with Gasteiger partial charge in [0, 0.05) is 21.9 Å². The Labute approximate surface area is 187 Å². The number of carbonyl (C=O) groups excluding carboxylic acids is 1. The highest BCUT2D eigenvalue weighted by molar-refractivity contribution is 7.38. The third-order valence-electron chi connectivity index (χ3n) is 5.30. The van der Waals surface area contributed by atoms with Gasteiger partial charge >= 0.3 is 5.97 Å². The van der Waals surface area contributed by atoms with Gasteiger partial charge < -0.3 is 4.74 Å². The lowest BCUT2D eigenvalue weighted by Gasteiger charge is -2.07. The van der Waals surface area contributed by atoms with Crippen molar-refractivity contribution in [3.63, 3.8) is 0 Å². The Hall–Kier alpha value is -2.47. The minimum atomic E-state index is -0.261. The SMILES string of the molecule is CCOC(=O)c1ccccc1-c1csc2c1sc1c(-c3ccccc3CC)csc12. The van der Waals surface area contributed by atoms with Crippen LogP contribution in [0.5, 0.6) is 0 Å². The van der Waals surface area contributed by atoms with Crippen LogP contribution in [0.4, 0.5) is 0 Å². The molecule has 2 nitrogen and oxygen atoms in total. The Morgan fingerprint density at radius 2 is 1.37 bits per heavy atom. The van der Waals surface area contributed by atoms with E-state index in [9.17, 15) is 4.79 Å². The summed E-state index contributed by atoms with van der Waals surface area (Å²) in [5, 5.41) is 4.47. The molecule has 0 unspecified atom stereocenters. The van der Waals surface area contributed by atoms with E-state index in [1.807, 2.05) is 53.9 Å². The number of aryl methyl sites for hydroxylation is 1. The van der Waals surface area contributed by atoms with E-state index in [0.717, 1.165) is 17.5 Å². The van der Waals surface area contributed by atoms with E-state index in [4.69, 9.17) is 4.74 Å². The smallest absolute Gasteiger partial charge is 0.338 e. The predicted octanol–water partition coefficient (Wildman–Crippen LogP) is 8.25. The van der Waals surface area contributed by atoms with Gasteiger partial charge in [0.15, 0.2) is 0 Å². The van der Waals surface area contributed by atoms with Crippen LogP contribution in [0.3, 0.4) is 0 Å². The van der Waals surface area contributed by atoms with Gasteiger partial charge in [0.1, 0.15) is 0 Å². The number of thiophene rings is 3. The van der Waals surface area contributed by atoms with Gasteiger partial charge in [-0.1, -0.05) is 49.4 Å². The molecule has 0 bridgehead atoms. The lowest BCUT2D eigenvalue weighted by Crippen LogP contribution is -2.06. The molecule has 0 aliphatic rings. The van der Waals surface area contributed by atoms with E-state index in [0.29, 0.717) is 12.2 Å². The minimum Gasteiger partial charge on any atom is -0.462 e. The molecular formula is C25H20O2S3. The number of hydrogen-bond donors (Lipinski definition) is 0. The fraction of sp³-hybridized carbons (Fsp3) is 0.160. The summed E-state index contributed by atoms with van der Waals surface area (Å²) in [6.45, 7) is 4.42. The summed E-state index contributed by atoms with van der Waals surface area (Å²) >= 11 is 5.43. The topological polar surface area (TPSA) is 26.3 Å². The third kappa shape index (κ3) is 3.09. The molecule has 0 fully saturated rings. The number of rotatable bonds is 5.